The highest BCUT2D eigenvalue weighted by Gasteiger charge is 2.08. The Morgan fingerprint density at radius 1 is 1.29 bits per heavy atom. The largest absolute Gasteiger partial charge is 0.383 e. The van der Waals surface area contributed by atoms with Crippen molar-refractivity contribution in [2.24, 2.45) is 0 Å². The monoisotopic (exact) mass is 341 g/mol. The van der Waals surface area contributed by atoms with Crippen molar-refractivity contribution < 1.29 is 0 Å². The van der Waals surface area contributed by atoms with Crippen molar-refractivity contribution >= 4 is 28.4 Å². The Hall–Kier alpha value is -1.04. The van der Waals surface area contributed by atoms with Crippen molar-refractivity contribution in [1.82, 2.24) is 9.78 Å². The van der Waals surface area contributed by atoms with Crippen LogP contribution in [0.15, 0.2) is 30.3 Å². The van der Waals surface area contributed by atoms with Crippen LogP contribution in [0.4, 0.5) is 5.82 Å². The van der Waals surface area contributed by atoms with Gasteiger partial charge in [0.1, 0.15) is 5.82 Å². The molecule has 0 saturated carbocycles. The molecule has 0 aliphatic rings. The van der Waals surface area contributed by atoms with Gasteiger partial charge in [-0.2, -0.15) is 5.10 Å². The van der Waals surface area contributed by atoms with E-state index in [9.17, 15) is 0 Å². The molecule has 0 fully saturated rings. The van der Waals surface area contributed by atoms with Gasteiger partial charge in [0.05, 0.1) is 9.26 Å². The lowest BCUT2D eigenvalue weighted by Gasteiger charge is -2.04. The van der Waals surface area contributed by atoms with E-state index in [1.54, 1.807) is 0 Å². The standard InChI is InChI=1S/C13H16IN3/c1-10-12(14)13(15)17(16-10)9-5-8-11-6-3-2-4-7-11/h2-4,6-7H,5,8-9,15H2,1H3. The number of nitrogens with two attached hydrogens (primary N) is 1. The normalized spacial score (nSPS) is 10.7. The third kappa shape index (κ3) is 3.00. The summed E-state index contributed by atoms with van der Waals surface area (Å²) >= 11 is 2.24. The molecule has 0 saturated heterocycles. The second kappa shape index (κ2) is 5.53. The van der Waals surface area contributed by atoms with E-state index in [1.165, 1.54) is 5.56 Å². The number of nitrogen functional groups attached to an aromatic ring is 1. The number of anilines is 1. The van der Waals surface area contributed by atoms with Crippen LogP contribution in [0, 0.1) is 10.5 Å². The molecular formula is C13H16IN3. The number of rotatable bonds is 4. The summed E-state index contributed by atoms with van der Waals surface area (Å²) in [4.78, 5) is 0. The van der Waals surface area contributed by atoms with Crippen LogP contribution >= 0.6 is 22.6 Å². The SMILES string of the molecule is Cc1nn(CCCc2ccccc2)c(N)c1I. The van der Waals surface area contributed by atoms with Crippen LogP contribution < -0.4 is 5.73 Å². The van der Waals surface area contributed by atoms with Gasteiger partial charge in [0, 0.05) is 6.54 Å². The van der Waals surface area contributed by atoms with Gasteiger partial charge < -0.3 is 5.73 Å². The van der Waals surface area contributed by atoms with Crippen LogP contribution in [0.3, 0.4) is 0 Å². The van der Waals surface area contributed by atoms with Crippen molar-refractivity contribution in [2.45, 2.75) is 26.3 Å². The van der Waals surface area contributed by atoms with Gasteiger partial charge in [-0.05, 0) is 47.9 Å². The molecule has 1 heterocycles. The van der Waals surface area contributed by atoms with Gasteiger partial charge in [-0.1, -0.05) is 30.3 Å². The van der Waals surface area contributed by atoms with Crippen LogP contribution in [0.2, 0.25) is 0 Å². The minimum absolute atomic E-state index is 0.788. The maximum Gasteiger partial charge on any atom is 0.135 e. The average Bonchev–Trinajstić information content (AvgIpc) is 2.59. The smallest absolute Gasteiger partial charge is 0.135 e. The number of aromatic nitrogens is 2. The molecule has 0 radical (unpaired) electrons. The molecule has 3 nitrogen and oxygen atoms in total. The number of hydrogen-bond acceptors (Lipinski definition) is 2. The molecule has 2 rings (SSSR count). The summed E-state index contributed by atoms with van der Waals surface area (Å²) in [6, 6.07) is 10.5. The summed E-state index contributed by atoms with van der Waals surface area (Å²) in [6.45, 7) is 2.87. The van der Waals surface area contributed by atoms with Crippen molar-refractivity contribution in [1.29, 1.82) is 0 Å². The first-order valence-corrected chi connectivity index (χ1v) is 6.78. The Kier molecular flexibility index (Phi) is 4.04. The van der Waals surface area contributed by atoms with E-state index in [0.717, 1.165) is 34.5 Å². The second-order valence-corrected chi connectivity index (χ2v) is 5.18. The molecule has 0 spiro atoms. The molecule has 1 aromatic carbocycles. The molecule has 2 aromatic rings. The van der Waals surface area contributed by atoms with E-state index < -0.39 is 0 Å². The van der Waals surface area contributed by atoms with E-state index in [2.05, 4.69) is 52.0 Å². The Balaban J connectivity index is 1.92. The lowest BCUT2D eigenvalue weighted by atomic mass is 10.1. The summed E-state index contributed by atoms with van der Waals surface area (Å²) in [5.41, 5.74) is 8.36. The molecule has 0 unspecified atom stereocenters. The highest BCUT2D eigenvalue weighted by Crippen LogP contribution is 2.18. The first kappa shape index (κ1) is 12.4. The summed E-state index contributed by atoms with van der Waals surface area (Å²) in [5.74, 6) is 0.788. The van der Waals surface area contributed by atoms with Crippen LogP contribution in [0.25, 0.3) is 0 Å². The molecule has 0 atom stereocenters. The predicted octanol–water partition coefficient (Wildman–Crippen LogP) is 3.01. The summed E-state index contributed by atoms with van der Waals surface area (Å²) in [5, 5.41) is 4.43. The molecule has 4 heteroatoms. The third-order valence-electron chi connectivity index (χ3n) is 2.77. The lowest BCUT2D eigenvalue weighted by molar-refractivity contribution is 0.582. The van der Waals surface area contributed by atoms with Gasteiger partial charge in [-0.25, -0.2) is 4.68 Å². The second-order valence-electron chi connectivity index (χ2n) is 4.10. The maximum absolute atomic E-state index is 5.98. The van der Waals surface area contributed by atoms with Gasteiger partial charge in [-0.3, -0.25) is 0 Å². The topological polar surface area (TPSA) is 43.8 Å². The lowest BCUT2D eigenvalue weighted by Crippen LogP contribution is -2.06. The molecule has 0 bridgehead atoms. The van der Waals surface area contributed by atoms with Crippen molar-refractivity contribution in [2.75, 3.05) is 5.73 Å². The molecule has 0 aliphatic heterocycles. The Bertz CT molecular complexity index is 491. The summed E-state index contributed by atoms with van der Waals surface area (Å²) < 4.78 is 2.97. The van der Waals surface area contributed by atoms with Crippen molar-refractivity contribution in [3.63, 3.8) is 0 Å². The number of aryl methyl sites for hydroxylation is 3. The molecular weight excluding hydrogens is 325 g/mol. The number of hydrogen-bond donors (Lipinski definition) is 1. The Morgan fingerprint density at radius 3 is 2.59 bits per heavy atom. The van der Waals surface area contributed by atoms with Crippen LogP contribution in [-0.2, 0) is 13.0 Å². The summed E-state index contributed by atoms with van der Waals surface area (Å²) in [6.07, 6.45) is 2.13. The highest BCUT2D eigenvalue weighted by atomic mass is 127. The van der Waals surface area contributed by atoms with E-state index >= 15 is 0 Å². The predicted molar refractivity (Wildman–Crippen MR) is 78.9 cm³/mol. The quantitative estimate of drug-likeness (QED) is 0.869. The number of benzene rings is 1. The van der Waals surface area contributed by atoms with E-state index in [-0.39, 0.29) is 0 Å². The molecule has 90 valence electrons. The maximum atomic E-state index is 5.98. The zero-order valence-electron chi connectivity index (χ0n) is 9.86. The van der Waals surface area contributed by atoms with Gasteiger partial charge >= 0.3 is 0 Å². The molecule has 0 amide bonds. The van der Waals surface area contributed by atoms with Crippen molar-refractivity contribution in [3.05, 3.63) is 45.2 Å². The zero-order valence-corrected chi connectivity index (χ0v) is 12.0. The average molecular weight is 341 g/mol. The first-order valence-electron chi connectivity index (χ1n) is 5.71. The van der Waals surface area contributed by atoms with Gasteiger partial charge in [0.15, 0.2) is 0 Å². The first-order chi connectivity index (χ1) is 8.18. The van der Waals surface area contributed by atoms with E-state index in [4.69, 9.17) is 5.73 Å². The fourth-order valence-electron chi connectivity index (χ4n) is 1.83. The number of halogens is 1. The molecule has 2 N–H and O–H groups in total. The van der Waals surface area contributed by atoms with Gasteiger partial charge in [0.2, 0.25) is 0 Å². The minimum Gasteiger partial charge on any atom is -0.383 e. The fraction of sp³-hybridized carbons (Fsp3) is 0.308. The zero-order chi connectivity index (χ0) is 12.3. The molecule has 0 aliphatic carbocycles. The number of nitrogens with zero attached hydrogens (tertiary/aromatic N) is 2. The van der Waals surface area contributed by atoms with Crippen molar-refractivity contribution in [3.8, 4) is 0 Å². The highest BCUT2D eigenvalue weighted by molar-refractivity contribution is 14.1. The molecule has 1 aromatic heterocycles. The Morgan fingerprint density at radius 2 is 2.00 bits per heavy atom. The van der Waals surface area contributed by atoms with Gasteiger partial charge in [0.25, 0.3) is 0 Å². The minimum atomic E-state index is 0.788. The van der Waals surface area contributed by atoms with Crippen LogP contribution in [0.1, 0.15) is 17.7 Å². The van der Waals surface area contributed by atoms with Crippen LogP contribution in [0.5, 0.6) is 0 Å². The van der Waals surface area contributed by atoms with E-state index in [0.29, 0.717) is 0 Å². The van der Waals surface area contributed by atoms with E-state index in [1.807, 2.05) is 17.7 Å². The summed E-state index contributed by atoms with van der Waals surface area (Å²) in [7, 11) is 0. The third-order valence-corrected chi connectivity index (χ3v) is 4.10. The van der Waals surface area contributed by atoms with Gasteiger partial charge in [-0.15, -0.1) is 0 Å². The van der Waals surface area contributed by atoms with Crippen LogP contribution in [-0.4, -0.2) is 9.78 Å². The fourth-order valence-corrected chi connectivity index (χ4v) is 2.21. The molecule has 17 heavy (non-hydrogen) atoms. The Labute approximate surface area is 115 Å².